The summed E-state index contributed by atoms with van der Waals surface area (Å²) in [5, 5.41) is 0. The fraction of sp³-hybridized carbons (Fsp3) is 0.353. The van der Waals surface area contributed by atoms with Gasteiger partial charge in [0.05, 0.1) is 19.3 Å². The summed E-state index contributed by atoms with van der Waals surface area (Å²) in [6, 6.07) is 5.80. The zero-order chi connectivity index (χ0) is 17.0. The molecule has 0 saturated heterocycles. The Balaban J connectivity index is 2.54. The van der Waals surface area contributed by atoms with Crippen LogP contribution in [0, 0.1) is 6.92 Å². The molecule has 0 atom stereocenters. The van der Waals surface area contributed by atoms with Gasteiger partial charge < -0.3 is 14.4 Å². The number of benzene rings is 1. The zero-order valence-electron chi connectivity index (χ0n) is 14.1. The van der Waals surface area contributed by atoms with Gasteiger partial charge in [-0.25, -0.2) is 14.8 Å². The highest BCUT2D eigenvalue weighted by Gasteiger charge is 2.19. The van der Waals surface area contributed by atoms with E-state index in [1.54, 1.807) is 18.9 Å². The number of esters is 1. The number of aryl methyl sites for hydroxylation is 1. The van der Waals surface area contributed by atoms with Crippen molar-refractivity contribution in [1.82, 2.24) is 9.97 Å². The monoisotopic (exact) mass is 315 g/mol. The van der Waals surface area contributed by atoms with E-state index in [0.29, 0.717) is 29.6 Å². The number of carbonyl (C=O) groups excluding carboxylic acids is 1. The second-order valence-electron chi connectivity index (χ2n) is 5.25. The van der Waals surface area contributed by atoms with Gasteiger partial charge in [-0.2, -0.15) is 0 Å². The Morgan fingerprint density at radius 2 is 2.04 bits per heavy atom. The molecule has 1 heterocycles. The third kappa shape index (κ3) is 3.59. The second-order valence-corrected chi connectivity index (χ2v) is 5.25. The minimum Gasteiger partial charge on any atom is -0.496 e. The number of carbonyl (C=O) groups is 1. The van der Waals surface area contributed by atoms with Crippen LogP contribution in [-0.2, 0) is 4.74 Å². The first-order valence-electron chi connectivity index (χ1n) is 7.34. The van der Waals surface area contributed by atoms with E-state index < -0.39 is 5.97 Å². The van der Waals surface area contributed by atoms with Crippen molar-refractivity contribution < 1.29 is 14.3 Å². The number of anilines is 1. The molecule has 1 aromatic heterocycles. The fourth-order valence-corrected chi connectivity index (χ4v) is 2.18. The maximum Gasteiger partial charge on any atom is 0.343 e. The van der Waals surface area contributed by atoms with Crippen molar-refractivity contribution in [3.63, 3.8) is 0 Å². The Morgan fingerprint density at radius 3 is 2.65 bits per heavy atom. The standard InChI is InChI=1S/C17H21N3O3/c1-6-23-17(21)13-10-18-15(19-16(13)20(3)4)12-8-7-11(2)9-14(12)22-5/h7-10H,6H2,1-5H3. The highest BCUT2D eigenvalue weighted by molar-refractivity contribution is 5.94. The summed E-state index contributed by atoms with van der Waals surface area (Å²) >= 11 is 0. The fourth-order valence-electron chi connectivity index (χ4n) is 2.18. The summed E-state index contributed by atoms with van der Waals surface area (Å²) in [6.07, 6.45) is 1.49. The normalized spacial score (nSPS) is 10.3. The summed E-state index contributed by atoms with van der Waals surface area (Å²) < 4.78 is 10.5. The molecule has 0 aliphatic carbocycles. The molecule has 23 heavy (non-hydrogen) atoms. The van der Waals surface area contributed by atoms with Crippen molar-refractivity contribution in [3.8, 4) is 17.1 Å². The molecule has 0 aliphatic rings. The van der Waals surface area contributed by atoms with E-state index in [2.05, 4.69) is 9.97 Å². The molecule has 0 N–H and O–H groups in total. The number of methoxy groups -OCH3 is 1. The molecule has 6 heteroatoms. The van der Waals surface area contributed by atoms with Crippen molar-refractivity contribution >= 4 is 11.8 Å². The molecule has 2 rings (SSSR count). The third-order valence-electron chi connectivity index (χ3n) is 3.29. The number of rotatable bonds is 5. The molecule has 0 saturated carbocycles. The topological polar surface area (TPSA) is 64.5 Å². The molecule has 0 unspecified atom stereocenters. The van der Waals surface area contributed by atoms with E-state index in [1.807, 2.05) is 39.2 Å². The molecule has 0 amide bonds. The van der Waals surface area contributed by atoms with Gasteiger partial charge in [-0.15, -0.1) is 0 Å². The quantitative estimate of drug-likeness (QED) is 0.791. The summed E-state index contributed by atoms with van der Waals surface area (Å²) in [7, 11) is 5.25. The predicted molar refractivity (Wildman–Crippen MR) is 89.0 cm³/mol. The molecular formula is C17H21N3O3. The average Bonchev–Trinajstić information content (AvgIpc) is 2.54. The molecule has 0 fully saturated rings. The minimum absolute atomic E-state index is 0.305. The van der Waals surface area contributed by atoms with Gasteiger partial charge in [-0.3, -0.25) is 0 Å². The number of aromatic nitrogens is 2. The molecule has 0 radical (unpaired) electrons. The Labute approximate surface area is 136 Å². The highest BCUT2D eigenvalue weighted by Crippen LogP contribution is 2.30. The average molecular weight is 315 g/mol. The largest absolute Gasteiger partial charge is 0.496 e. The lowest BCUT2D eigenvalue weighted by Crippen LogP contribution is -2.18. The Bertz CT molecular complexity index is 714. The van der Waals surface area contributed by atoms with Crippen molar-refractivity contribution in [1.29, 1.82) is 0 Å². The molecule has 1 aromatic carbocycles. The Kier molecular flexibility index (Phi) is 5.16. The van der Waals surface area contributed by atoms with Gasteiger partial charge in [0.2, 0.25) is 0 Å². The highest BCUT2D eigenvalue weighted by atomic mass is 16.5. The van der Waals surface area contributed by atoms with Gasteiger partial charge >= 0.3 is 5.97 Å². The summed E-state index contributed by atoms with van der Waals surface area (Å²) in [5.41, 5.74) is 2.20. The molecular weight excluding hydrogens is 294 g/mol. The van der Waals surface area contributed by atoms with Gasteiger partial charge in [-0.1, -0.05) is 6.07 Å². The van der Waals surface area contributed by atoms with Crippen LogP contribution >= 0.6 is 0 Å². The Morgan fingerprint density at radius 1 is 1.30 bits per heavy atom. The van der Waals surface area contributed by atoms with Crippen molar-refractivity contribution in [2.75, 3.05) is 32.7 Å². The molecule has 0 spiro atoms. The van der Waals surface area contributed by atoms with Crippen LogP contribution in [0.2, 0.25) is 0 Å². The summed E-state index contributed by atoms with van der Waals surface area (Å²) in [5.74, 6) is 1.27. The summed E-state index contributed by atoms with van der Waals surface area (Å²) in [4.78, 5) is 22.6. The SMILES string of the molecule is CCOC(=O)c1cnc(-c2ccc(C)cc2OC)nc1N(C)C. The Hall–Kier alpha value is -2.63. The number of ether oxygens (including phenoxy) is 2. The first kappa shape index (κ1) is 16.7. The van der Waals surface area contributed by atoms with Gasteiger partial charge in [0.25, 0.3) is 0 Å². The van der Waals surface area contributed by atoms with E-state index in [9.17, 15) is 4.79 Å². The first-order valence-corrected chi connectivity index (χ1v) is 7.34. The number of nitrogens with zero attached hydrogens (tertiary/aromatic N) is 3. The lowest BCUT2D eigenvalue weighted by Gasteiger charge is -2.16. The lowest BCUT2D eigenvalue weighted by atomic mass is 10.1. The van der Waals surface area contributed by atoms with Gasteiger partial charge in [-0.05, 0) is 31.5 Å². The van der Waals surface area contributed by atoms with Crippen LogP contribution in [0.5, 0.6) is 5.75 Å². The van der Waals surface area contributed by atoms with E-state index in [-0.39, 0.29) is 0 Å². The van der Waals surface area contributed by atoms with Crippen LogP contribution in [0.15, 0.2) is 24.4 Å². The van der Waals surface area contributed by atoms with E-state index in [4.69, 9.17) is 9.47 Å². The van der Waals surface area contributed by atoms with Crippen molar-refractivity contribution in [2.45, 2.75) is 13.8 Å². The van der Waals surface area contributed by atoms with E-state index in [1.165, 1.54) is 6.20 Å². The number of hydrogen-bond donors (Lipinski definition) is 0. The van der Waals surface area contributed by atoms with Crippen LogP contribution in [0.3, 0.4) is 0 Å². The van der Waals surface area contributed by atoms with E-state index >= 15 is 0 Å². The van der Waals surface area contributed by atoms with Crippen molar-refractivity contribution in [3.05, 3.63) is 35.5 Å². The third-order valence-corrected chi connectivity index (χ3v) is 3.29. The van der Waals surface area contributed by atoms with E-state index in [0.717, 1.165) is 11.1 Å². The molecule has 0 bridgehead atoms. The summed E-state index contributed by atoms with van der Waals surface area (Å²) in [6.45, 7) is 4.06. The lowest BCUT2D eigenvalue weighted by molar-refractivity contribution is 0.0526. The van der Waals surface area contributed by atoms with Crippen LogP contribution in [0.25, 0.3) is 11.4 Å². The predicted octanol–water partition coefficient (Wildman–Crippen LogP) is 2.70. The van der Waals surface area contributed by atoms with Crippen molar-refractivity contribution in [2.24, 2.45) is 0 Å². The molecule has 6 nitrogen and oxygen atoms in total. The first-order chi connectivity index (χ1) is 11.0. The molecule has 0 aliphatic heterocycles. The van der Waals surface area contributed by atoms with Gasteiger partial charge in [0.1, 0.15) is 17.1 Å². The molecule has 2 aromatic rings. The van der Waals surface area contributed by atoms with Crippen LogP contribution in [0.4, 0.5) is 5.82 Å². The van der Waals surface area contributed by atoms with Crippen LogP contribution in [-0.4, -0.2) is 43.7 Å². The number of hydrogen-bond acceptors (Lipinski definition) is 6. The maximum absolute atomic E-state index is 12.0. The van der Waals surface area contributed by atoms with Gasteiger partial charge in [0.15, 0.2) is 5.82 Å². The second kappa shape index (κ2) is 7.09. The van der Waals surface area contributed by atoms with Gasteiger partial charge in [0, 0.05) is 20.3 Å². The maximum atomic E-state index is 12.0. The van der Waals surface area contributed by atoms with Crippen LogP contribution in [0.1, 0.15) is 22.8 Å². The minimum atomic E-state index is -0.432. The molecule has 122 valence electrons. The smallest absolute Gasteiger partial charge is 0.343 e. The zero-order valence-corrected chi connectivity index (χ0v) is 14.1. The van der Waals surface area contributed by atoms with Crippen LogP contribution < -0.4 is 9.64 Å².